The fraction of sp³-hybridized carbons (Fsp3) is 0.346. The lowest BCUT2D eigenvalue weighted by Gasteiger charge is -2.28. The Hall–Kier alpha value is -4.25. The first-order valence-corrected chi connectivity index (χ1v) is 12.1. The van der Waals surface area contributed by atoms with E-state index >= 15 is 0 Å². The first-order chi connectivity index (χ1) is 17.7. The molecule has 2 aromatic heterocycles. The molecule has 3 heterocycles. The first-order valence-electron chi connectivity index (χ1n) is 12.1. The normalized spacial score (nSPS) is 13.5. The first kappa shape index (κ1) is 25.8. The Kier molecular flexibility index (Phi) is 7.83. The van der Waals surface area contributed by atoms with Gasteiger partial charge in [-0.05, 0) is 34.9 Å². The van der Waals surface area contributed by atoms with Crippen molar-refractivity contribution in [2.24, 2.45) is 0 Å². The molecule has 37 heavy (non-hydrogen) atoms. The van der Waals surface area contributed by atoms with Gasteiger partial charge in [-0.3, -0.25) is 14.4 Å². The van der Waals surface area contributed by atoms with Gasteiger partial charge in [-0.25, -0.2) is 9.67 Å². The maximum atomic E-state index is 13.1. The molecular formula is C26H30N6O5. The van der Waals surface area contributed by atoms with Crippen molar-refractivity contribution in [3.63, 3.8) is 0 Å². The lowest BCUT2D eigenvalue weighted by molar-refractivity contribution is -0.135. The van der Waals surface area contributed by atoms with E-state index in [9.17, 15) is 19.5 Å². The fourth-order valence-corrected chi connectivity index (χ4v) is 4.21. The van der Waals surface area contributed by atoms with Gasteiger partial charge >= 0.3 is 5.97 Å². The highest BCUT2D eigenvalue weighted by Gasteiger charge is 2.25. The van der Waals surface area contributed by atoms with Crippen LogP contribution in [0.1, 0.15) is 41.4 Å². The average molecular weight is 507 g/mol. The van der Waals surface area contributed by atoms with Crippen molar-refractivity contribution in [3.8, 4) is 16.9 Å². The maximum Gasteiger partial charge on any atom is 0.322 e. The van der Waals surface area contributed by atoms with Crippen molar-refractivity contribution in [3.05, 3.63) is 69.8 Å². The van der Waals surface area contributed by atoms with Crippen molar-refractivity contribution in [2.75, 3.05) is 37.6 Å². The molecule has 11 heteroatoms. The number of nitrogens with one attached hydrogen (secondary N) is 2. The van der Waals surface area contributed by atoms with Crippen LogP contribution in [-0.2, 0) is 11.3 Å². The van der Waals surface area contributed by atoms with Crippen molar-refractivity contribution >= 4 is 17.7 Å². The summed E-state index contributed by atoms with van der Waals surface area (Å²) in [5.41, 5.74) is 1.53. The van der Waals surface area contributed by atoms with E-state index in [2.05, 4.69) is 25.6 Å². The van der Waals surface area contributed by atoms with Crippen LogP contribution in [0.15, 0.2) is 47.4 Å². The predicted molar refractivity (Wildman–Crippen MR) is 138 cm³/mol. The number of piperazine rings is 1. The van der Waals surface area contributed by atoms with Crippen molar-refractivity contribution in [1.29, 1.82) is 0 Å². The maximum absolute atomic E-state index is 13.1. The number of carboxylic acids is 1. The van der Waals surface area contributed by atoms with Crippen molar-refractivity contribution in [2.45, 2.75) is 26.3 Å². The van der Waals surface area contributed by atoms with Crippen LogP contribution in [0.5, 0.6) is 5.75 Å². The van der Waals surface area contributed by atoms with Gasteiger partial charge in [0.1, 0.15) is 23.6 Å². The minimum Gasteiger partial charge on any atom is -0.505 e. The van der Waals surface area contributed by atoms with Crippen LogP contribution in [0.3, 0.4) is 0 Å². The Bertz CT molecular complexity index is 1360. The van der Waals surface area contributed by atoms with Gasteiger partial charge in [-0.15, -0.1) is 0 Å². The number of rotatable bonds is 8. The van der Waals surface area contributed by atoms with E-state index in [1.54, 1.807) is 20.0 Å². The van der Waals surface area contributed by atoms with Gasteiger partial charge in [-0.1, -0.05) is 32.0 Å². The molecule has 0 spiro atoms. The summed E-state index contributed by atoms with van der Waals surface area (Å²) in [5, 5.41) is 29.3. The van der Waals surface area contributed by atoms with Crippen molar-refractivity contribution < 1.29 is 19.8 Å². The highest BCUT2D eigenvalue weighted by Crippen LogP contribution is 2.26. The second-order valence-electron chi connectivity index (χ2n) is 9.14. The summed E-state index contributed by atoms with van der Waals surface area (Å²) in [6, 6.07) is 11.6. The molecule has 1 saturated heterocycles. The molecule has 11 nitrogen and oxygen atoms in total. The third-order valence-corrected chi connectivity index (χ3v) is 6.11. The third kappa shape index (κ3) is 5.95. The van der Waals surface area contributed by atoms with Crippen LogP contribution in [0, 0.1) is 0 Å². The number of hydrogen-bond acceptors (Lipinski definition) is 8. The number of carboxylic acid groups (broad SMARTS) is 1. The summed E-state index contributed by atoms with van der Waals surface area (Å²) < 4.78 is 1.13. The summed E-state index contributed by atoms with van der Waals surface area (Å²) in [7, 11) is 0. The summed E-state index contributed by atoms with van der Waals surface area (Å²) >= 11 is 0. The summed E-state index contributed by atoms with van der Waals surface area (Å²) in [4.78, 5) is 43.3. The zero-order valence-electron chi connectivity index (χ0n) is 20.8. The summed E-state index contributed by atoms with van der Waals surface area (Å²) in [6.07, 6.45) is 1.78. The Labute approximate surface area is 213 Å². The second kappa shape index (κ2) is 11.2. The van der Waals surface area contributed by atoms with Gasteiger partial charge in [0.05, 0.1) is 6.54 Å². The van der Waals surface area contributed by atoms with Crippen molar-refractivity contribution in [1.82, 2.24) is 25.4 Å². The quantitative estimate of drug-likeness (QED) is 0.356. The number of hydrogen-bond donors (Lipinski definition) is 4. The van der Waals surface area contributed by atoms with Gasteiger partial charge in [-0.2, -0.15) is 5.10 Å². The van der Waals surface area contributed by atoms with E-state index in [-0.39, 0.29) is 18.2 Å². The molecule has 0 atom stereocenters. The second-order valence-corrected chi connectivity index (χ2v) is 9.14. The van der Waals surface area contributed by atoms with Gasteiger partial charge in [0, 0.05) is 38.3 Å². The molecule has 0 radical (unpaired) electrons. The van der Waals surface area contributed by atoms with Gasteiger partial charge < -0.3 is 25.7 Å². The molecule has 4 N–H and O–H groups in total. The number of aliphatic carboxylic acids is 1. The number of amides is 1. The van der Waals surface area contributed by atoms with Crippen LogP contribution in [0.25, 0.3) is 11.1 Å². The summed E-state index contributed by atoms with van der Waals surface area (Å²) in [6.45, 7) is 6.50. The molecule has 1 fully saturated rings. The molecule has 1 aromatic carbocycles. The topological polar surface area (TPSA) is 150 Å². The molecule has 1 aliphatic heterocycles. The molecule has 1 aliphatic rings. The molecule has 4 rings (SSSR count). The molecule has 0 saturated carbocycles. The number of pyridine rings is 1. The predicted octanol–water partition coefficient (Wildman–Crippen LogP) is 1.41. The highest BCUT2D eigenvalue weighted by atomic mass is 16.4. The molecule has 0 aliphatic carbocycles. The molecular weight excluding hydrogens is 476 g/mol. The molecule has 1 amide bonds. The van der Waals surface area contributed by atoms with Crippen LogP contribution >= 0.6 is 0 Å². The van der Waals surface area contributed by atoms with E-state index in [0.29, 0.717) is 0 Å². The van der Waals surface area contributed by atoms with Crippen LogP contribution in [0.4, 0.5) is 5.82 Å². The van der Waals surface area contributed by atoms with Gasteiger partial charge in [0.15, 0.2) is 5.75 Å². The fourth-order valence-electron chi connectivity index (χ4n) is 4.21. The monoisotopic (exact) mass is 506 g/mol. The third-order valence-electron chi connectivity index (χ3n) is 6.11. The Morgan fingerprint density at radius 3 is 2.57 bits per heavy atom. The largest absolute Gasteiger partial charge is 0.505 e. The number of anilines is 1. The highest BCUT2D eigenvalue weighted by molar-refractivity contribution is 5.98. The van der Waals surface area contributed by atoms with E-state index < -0.39 is 35.3 Å². The minimum atomic E-state index is -1.26. The van der Waals surface area contributed by atoms with Gasteiger partial charge in [0.2, 0.25) is 0 Å². The number of carbonyl (C=O) groups excluding carboxylic acids is 1. The zero-order chi connectivity index (χ0) is 26.5. The molecule has 194 valence electrons. The Morgan fingerprint density at radius 1 is 1.14 bits per heavy atom. The average Bonchev–Trinajstić information content (AvgIpc) is 2.89. The lowest BCUT2D eigenvalue weighted by Crippen LogP contribution is -2.43. The Balaban J connectivity index is 1.66. The number of carbonyl (C=O) groups is 2. The van der Waals surface area contributed by atoms with Crippen LogP contribution in [-0.4, -0.2) is 69.6 Å². The number of aromatic hydroxyl groups is 1. The number of nitrogens with zero attached hydrogens (tertiary/aromatic N) is 4. The standard InChI is InChI=1S/C26H30N6O5/c1-16(2)23-24(35)22(25(36)29-14-21(33)34)26(37)32(30-23)15-17-4-3-5-18(12-17)19-6-7-28-20(13-19)31-10-8-27-9-11-31/h3-7,12-13,16,27,35H,8-11,14-15H2,1-2H3,(H,29,36)(H,33,34). The van der Waals surface area contributed by atoms with E-state index in [0.717, 1.165) is 53.4 Å². The molecule has 3 aromatic rings. The van der Waals surface area contributed by atoms with Gasteiger partial charge in [0.25, 0.3) is 11.5 Å². The number of aromatic nitrogens is 3. The van der Waals surface area contributed by atoms with Crippen LogP contribution in [0.2, 0.25) is 0 Å². The minimum absolute atomic E-state index is 0.0572. The molecule has 0 unspecified atom stereocenters. The van der Waals surface area contributed by atoms with E-state index in [1.165, 1.54) is 0 Å². The van der Waals surface area contributed by atoms with E-state index in [1.807, 2.05) is 36.4 Å². The van der Waals surface area contributed by atoms with E-state index in [4.69, 9.17) is 5.11 Å². The SMILES string of the molecule is CC(C)c1nn(Cc2cccc(-c3ccnc(N4CCNCC4)c3)c2)c(=O)c(C(=O)NCC(=O)O)c1O. The molecule has 0 bridgehead atoms. The number of benzene rings is 1. The van der Waals surface area contributed by atoms with Crippen LogP contribution < -0.4 is 21.1 Å². The Morgan fingerprint density at radius 2 is 1.86 bits per heavy atom. The lowest BCUT2D eigenvalue weighted by atomic mass is 10.0. The summed E-state index contributed by atoms with van der Waals surface area (Å²) in [5.74, 6) is -2.15. The smallest absolute Gasteiger partial charge is 0.322 e. The zero-order valence-corrected chi connectivity index (χ0v) is 20.8.